The van der Waals surface area contributed by atoms with E-state index >= 15 is 0 Å². The summed E-state index contributed by atoms with van der Waals surface area (Å²) in [6.07, 6.45) is 3.82. The predicted molar refractivity (Wildman–Crippen MR) is 107 cm³/mol. The van der Waals surface area contributed by atoms with Crippen LogP contribution in [-0.4, -0.2) is 25.7 Å². The van der Waals surface area contributed by atoms with Crippen LogP contribution in [0.25, 0.3) is 0 Å². The van der Waals surface area contributed by atoms with E-state index in [0.29, 0.717) is 33.7 Å². The molecule has 6 nitrogen and oxygen atoms in total. The van der Waals surface area contributed by atoms with Crippen LogP contribution in [0.3, 0.4) is 0 Å². The van der Waals surface area contributed by atoms with Gasteiger partial charge in [-0.05, 0) is 54.9 Å². The van der Waals surface area contributed by atoms with E-state index in [9.17, 15) is 9.18 Å². The molecule has 0 bridgehead atoms. The van der Waals surface area contributed by atoms with Gasteiger partial charge in [-0.2, -0.15) is 5.10 Å². The summed E-state index contributed by atoms with van der Waals surface area (Å²) in [7, 11) is 0. The molecule has 0 saturated heterocycles. The monoisotopic (exact) mass is 415 g/mol. The molecule has 2 heterocycles. The molecule has 3 aromatic rings. The number of carbonyl (C=O) groups is 1. The number of amides is 1. The van der Waals surface area contributed by atoms with E-state index in [2.05, 4.69) is 20.5 Å². The van der Waals surface area contributed by atoms with Gasteiger partial charge in [-0.3, -0.25) is 14.5 Å². The van der Waals surface area contributed by atoms with Crippen LogP contribution in [0.5, 0.6) is 0 Å². The number of hydrogen-bond acceptors (Lipinski definition) is 5. The maximum Gasteiger partial charge on any atom is 0.254 e. The lowest BCUT2D eigenvalue weighted by Gasteiger charge is -2.10. The van der Waals surface area contributed by atoms with Gasteiger partial charge in [0.25, 0.3) is 5.91 Å². The Morgan fingerprint density at radius 1 is 1.32 bits per heavy atom. The lowest BCUT2D eigenvalue weighted by atomic mass is 10.2. The summed E-state index contributed by atoms with van der Waals surface area (Å²) in [6.45, 7) is 0.291. The van der Waals surface area contributed by atoms with Gasteiger partial charge in [-0.1, -0.05) is 12.1 Å². The fourth-order valence-electron chi connectivity index (χ4n) is 2.84. The molecule has 1 aliphatic rings. The number of hydrogen-bond donors (Lipinski definition) is 2. The minimum absolute atomic E-state index is 0.217. The summed E-state index contributed by atoms with van der Waals surface area (Å²) in [4.78, 5) is 17.0. The van der Waals surface area contributed by atoms with Crippen molar-refractivity contribution in [2.24, 2.45) is 0 Å². The Balaban J connectivity index is 1.43. The minimum Gasteiger partial charge on any atom is -0.345 e. The maximum atomic E-state index is 13.0. The van der Waals surface area contributed by atoms with Gasteiger partial charge in [0.1, 0.15) is 10.8 Å². The zero-order valence-corrected chi connectivity index (χ0v) is 16.5. The first-order valence-corrected chi connectivity index (χ1v) is 10.3. The second-order valence-electron chi connectivity index (χ2n) is 6.50. The molecule has 0 aliphatic heterocycles. The van der Waals surface area contributed by atoms with Crippen LogP contribution in [0.4, 0.5) is 4.39 Å². The van der Waals surface area contributed by atoms with E-state index in [4.69, 9.17) is 12.2 Å². The first-order valence-electron chi connectivity index (χ1n) is 8.88. The zero-order valence-electron chi connectivity index (χ0n) is 14.9. The summed E-state index contributed by atoms with van der Waals surface area (Å²) in [5.74, 6) is 0.838. The third kappa shape index (κ3) is 4.31. The molecular formula is C19H18FN5OS2. The Labute approximate surface area is 170 Å². The van der Waals surface area contributed by atoms with E-state index in [1.54, 1.807) is 30.5 Å². The van der Waals surface area contributed by atoms with Gasteiger partial charge < -0.3 is 5.32 Å². The van der Waals surface area contributed by atoms with Crippen LogP contribution in [0.2, 0.25) is 0 Å². The Morgan fingerprint density at radius 2 is 2.11 bits per heavy atom. The van der Waals surface area contributed by atoms with Crippen molar-refractivity contribution in [1.82, 2.24) is 25.1 Å². The lowest BCUT2D eigenvalue weighted by molar-refractivity contribution is 0.0945. The molecule has 2 N–H and O–H groups in total. The highest BCUT2D eigenvalue weighted by molar-refractivity contribution is 7.98. The normalized spacial score (nSPS) is 13.5. The highest BCUT2D eigenvalue weighted by atomic mass is 32.2. The van der Waals surface area contributed by atoms with Crippen molar-refractivity contribution in [3.8, 4) is 0 Å². The number of nitrogens with one attached hydrogen (secondary N) is 2. The molecule has 1 saturated carbocycles. The molecule has 0 atom stereocenters. The molecule has 0 radical (unpaired) electrons. The van der Waals surface area contributed by atoms with Crippen molar-refractivity contribution >= 4 is 29.9 Å². The molecule has 1 fully saturated rings. The minimum atomic E-state index is -0.268. The van der Waals surface area contributed by atoms with E-state index in [-0.39, 0.29) is 11.7 Å². The average molecular weight is 416 g/mol. The van der Waals surface area contributed by atoms with E-state index in [0.717, 1.165) is 24.2 Å². The maximum absolute atomic E-state index is 13.0. The summed E-state index contributed by atoms with van der Waals surface area (Å²) in [5, 5.41) is 10.6. The molecule has 144 valence electrons. The molecule has 2 aromatic heterocycles. The van der Waals surface area contributed by atoms with Crippen molar-refractivity contribution in [1.29, 1.82) is 0 Å². The molecule has 1 aromatic carbocycles. The van der Waals surface area contributed by atoms with Gasteiger partial charge in [0.15, 0.2) is 10.6 Å². The van der Waals surface area contributed by atoms with Crippen LogP contribution >= 0.6 is 24.0 Å². The number of thioether (sulfide) groups is 1. The van der Waals surface area contributed by atoms with Crippen LogP contribution in [-0.2, 0) is 12.3 Å². The Hall–Kier alpha value is -2.52. The third-order valence-corrected chi connectivity index (χ3v) is 5.77. The van der Waals surface area contributed by atoms with Crippen molar-refractivity contribution in [2.45, 2.75) is 36.2 Å². The Bertz CT molecular complexity index is 1040. The molecule has 1 aliphatic carbocycles. The SMILES string of the molecule is O=C(NCc1n[nH]c(=S)n1C1CC1)c1cccnc1SCc1ccc(F)cc1. The highest BCUT2D eigenvalue weighted by Gasteiger charge is 2.27. The molecule has 9 heteroatoms. The first kappa shape index (κ1) is 18.8. The van der Waals surface area contributed by atoms with Crippen molar-refractivity contribution < 1.29 is 9.18 Å². The zero-order chi connectivity index (χ0) is 19.5. The summed E-state index contributed by atoms with van der Waals surface area (Å²) < 4.78 is 15.6. The van der Waals surface area contributed by atoms with Crippen molar-refractivity contribution in [2.75, 3.05) is 0 Å². The number of aromatic nitrogens is 4. The van der Waals surface area contributed by atoms with Crippen LogP contribution < -0.4 is 5.32 Å². The number of H-pyrrole nitrogens is 1. The third-order valence-electron chi connectivity index (χ3n) is 4.40. The van der Waals surface area contributed by atoms with E-state index < -0.39 is 0 Å². The summed E-state index contributed by atoms with van der Waals surface area (Å²) in [6, 6.07) is 10.2. The molecule has 0 spiro atoms. The summed E-state index contributed by atoms with van der Waals surface area (Å²) in [5.41, 5.74) is 1.46. The first-order chi connectivity index (χ1) is 13.6. The van der Waals surface area contributed by atoms with Gasteiger partial charge in [0, 0.05) is 18.0 Å². The number of pyridine rings is 1. The molecule has 4 rings (SSSR count). The van der Waals surface area contributed by atoms with Gasteiger partial charge in [0.2, 0.25) is 0 Å². The van der Waals surface area contributed by atoms with E-state index in [1.165, 1.54) is 23.9 Å². The Kier molecular flexibility index (Phi) is 5.54. The van der Waals surface area contributed by atoms with Gasteiger partial charge >= 0.3 is 0 Å². The molecule has 0 unspecified atom stereocenters. The second kappa shape index (κ2) is 8.24. The van der Waals surface area contributed by atoms with Crippen molar-refractivity contribution in [3.63, 3.8) is 0 Å². The average Bonchev–Trinajstić information content (AvgIpc) is 3.48. The number of benzene rings is 1. The quantitative estimate of drug-likeness (QED) is 0.450. The molecule has 28 heavy (non-hydrogen) atoms. The topological polar surface area (TPSA) is 75.6 Å². The second-order valence-corrected chi connectivity index (χ2v) is 7.85. The van der Waals surface area contributed by atoms with Gasteiger partial charge in [-0.15, -0.1) is 11.8 Å². The standard InChI is InChI=1S/C19H18FN5OS2/c20-13-5-3-12(4-6-13)11-28-18-15(2-1-9-21-18)17(26)22-10-16-23-24-19(27)25(16)14-7-8-14/h1-6,9,14H,7-8,10-11H2,(H,22,26)(H,24,27). The van der Waals surface area contributed by atoms with Crippen molar-refractivity contribution in [3.05, 3.63) is 70.1 Å². The van der Waals surface area contributed by atoms with E-state index in [1.807, 2.05) is 4.57 Å². The van der Waals surface area contributed by atoms with Crippen LogP contribution in [0.1, 0.15) is 40.6 Å². The van der Waals surface area contributed by atoms with Gasteiger partial charge in [-0.25, -0.2) is 9.37 Å². The largest absolute Gasteiger partial charge is 0.345 e. The molecular weight excluding hydrogens is 397 g/mol. The fraction of sp³-hybridized carbons (Fsp3) is 0.263. The number of halogens is 1. The van der Waals surface area contributed by atoms with Gasteiger partial charge in [0.05, 0.1) is 12.1 Å². The number of aromatic amines is 1. The fourth-order valence-corrected chi connectivity index (χ4v) is 4.08. The number of rotatable bonds is 7. The highest BCUT2D eigenvalue weighted by Crippen LogP contribution is 2.35. The lowest BCUT2D eigenvalue weighted by Crippen LogP contribution is -2.25. The van der Waals surface area contributed by atoms with Crippen LogP contribution in [0.15, 0.2) is 47.6 Å². The van der Waals surface area contributed by atoms with Crippen LogP contribution in [0, 0.1) is 10.6 Å². The Morgan fingerprint density at radius 3 is 2.86 bits per heavy atom. The smallest absolute Gasteiger partial charge is 0.254 e. The number of carbonyl (C=O) groups excluding carboxylic acids is 1. The number of nitrogens with zero attached hydrogens (tertiary/aromatic N) is 3. The summed E-state index contributed by atoms with van der Waals surface area (Å²) >= 11 is 6.71. The predicted octanol–water partition coefficient (Wildman–Crippen LogP) is 4.03. The molecule has 1 amide bonds.